The van der Waals surface area contributed by atoms with Crippen molar-refractivity contribution in [2.24, 2.45) is 0 Å². The molecule has 1 aliphatic carbocycles. The number of thiophene rings is 1. The summed E-state index contributed by atoms with van der Waals surface area (Å²) in [6.45, 7) is 2.17. The van der Waals surface area contributed by atoms with Crippen molar-refractivity contribution in [1.29, 1.82) is 0 Å². The smallest absolute Gasteiger partial charge is 0.0693 e. The van der Waals surface area contributed by atoms with Gasteiger partial charge in [-0.05, 0) is 31.2 Å². The molecule has 2 N–H and O–H groups in total. The number of hydrogen-bond donors (Lipinski definition) is 2. The average Bonchev–Trinajstić information content (AvgIpc) is 2.74. The SMILES string of the molecule is C[C@H](N[C@@H]1CCCC[C@@H]1O)c1cccs1. The van der Waals surface area contributed by atoms with Gasteiger partial charge in [-0.3, -0.25) is 0 Å². The van der Waals surface area contributed by atoms with Gasteiger partial charge in [0.05, 0.1) is 6.10 Å². The minimum atomic E-state index is -0.152. The standard InChI is InChI=1S/C12H19NOS/c1-9(12-7-4-8-15-12)13-10-5-2-3-6-11(10)14/h4,7-11,13-14H,2-3,5-6H2,1H3/t9-,10+,11-/m0/s1. The Bertz CT molecular complexity index is 286. The van der Waals surface area contributed by atoms with Gasteiger partial charge in [0.25, 0.3) is 0 Å². The lowest BCUT2D eigenvalue weighted by molar-refractivity contribution is 0.0862. The number of rotatable bonds is 3. The molecule has 2 nitrogen and oxygen atoms in total. The Hall–Kier alpha value is -0.380. The third kappa shape index (κ3) is 2.80. The minimum Gasteiger partial charge on any atom is -0.392 e. The fraction of sp³-hybridized carbons (Fsp3) is 0.667. The van der Waals surface area contributed by atoms with Gasteiger partial charge >= 0.3 is 0 Å². The molecule has 1 aliphatic rings. The topological polar surface area (TPSA) is 32.3 Å². The third-order valence-electron chi connectivity index (χ3n) is 3.16. The summed E-state index contributed by atoms with van der Waals surface area (Å²) in [4.78, 5) is 1.35. The molecule has 0 amide bonds. The van der Waals surface area contributed by atoms with Gasteiger partial charge in [0.1, 0.15) is 0 Å². The highest BCUT2D eigenvalue weighted by atomic mass is 32.1. The lowest BCUT2D eigenvalue weighted by Gasteiger charge is -2.30. The zero-order valence-corrected chi connectivity index (χ0v) is 9.96. The molecule has 0 unspecified atom stereocenters. The summed E-state index contributed by atoms with van der Waals surface area (Å²) >= 11 is 1.78. The maximum atomic E-state index is 9.86. The van der Waals surface area contributed by atoms with Gasteiger partial charge in [0, 0.05) is 17.0 Å². The van der Waals surface area contributed by atoms with Gasteiger partial charge in [-0.15, -0.1) is 11.3 Å². The first-order valence-corrected chi connectivity index (χ1v) is 6.63. The van der Waals surface area contributed by atoms with Gasteiger partial charge in [0.15, 0.2) is 0 Å². The van der Waals surface area contributed by atoms with E-state index in [9.17, 15) is 5.11 Å². The van der Waals surface area contributed by atoms with Crippen LogP contribution in [0.1, 0.15) is 43.5 Å². The van der Waals surface area contributed by atoms with Crippen molar-refractivity contribution in [1.82, 2.24) is 5.32 Å². The van der Waals surface area contributed by atoms with Crippen LogP contribution in [0.25, 0.3) is 0 Å². The summed E-state index contributed by atoms with van der Waals surface area (Å²) in [5.74, 6) is 0. The predicted molar refractivity (Wildman–Crippen MR) is 64.1 cm³/mol. The van der Waals surface area contributed by atoms with E-state index in [-0.39, 0.29) is 12.1 Å². The fourth-order valence-corrected chi connectivity index (χ4v) is 2.99. The summed E-state index contributed by atoms with van der Waals surface area (Å²) in [6.07, 6.45) is 4.32. The van der Waals surface area contributed by atoms with E-state index in [0.717, 1.165) is 12.8 Å². The molecule has 0 spiro atoms. The highest BCUT2D eigenvalue weighted by Gasteiger charge is 2.24. The van der Waals surface area contributed by atoms with Crippen molar-refractivity contribution < 1.29 is 5.11 Å². The molecule has 15 heavy (non-hydrogen) atoms. The predicted octanol–water partition coefficient (Wildman–Crippen LogP) is 2.70. The molecular weight excluding hydrogens is 206 g/mol. The van der Waals surface area contributed by atoms with Crippen molar-refractivity contribution >= 4 is 11.3 Å². The lowest BCUT2D eigenvalue weighted by atomic mass is 9.92. The highest BCUT2D eigenvalue weighted by molar-refractivity contribution is 7.10. The van der Waals surface area contributed by atoms with Crippen molar-refractivity contribution in [3.05, 3.63) is 22.4 Å². The van der Waals surface area contributed by atoms with Crippen LogP contribution in [-0.4, -0.2) is 17.3 Å². The van der Waals surface area contributed by atoms with Crippen LogP contribution in [0, 0.1) is 0 Å². The molecule has 1 fully saturated rings. The fourth-order valence-electron chi connectivity index (χ4n) is 2.25. The van der Waals surface area contributed by atoms with Crippen LogP contribution in [0.3, 0.4) is 0 Å². The van der Waals surface area contributed by atoms with Crippen molar-refractivity contribution in [3.63, 3.8) is 0 Å². The lowest BCUT2D eigenvalue weighted by Crippen LogP contribution is -2.42. The second-order valence-electron chi connectivity index (χ2n) is 4.36. The third-order valence-corrected chi connectivity index (χ3v) is 4.22. The van der Waals surface area contributed by atoms with Crippen LogP contribution in [0.15, 0.2) is 17.5 Å². The van der Waals surface area contributed by atoms with Gasteiger partial charge in [-0.25, -0.2) is 0 Å². The van der Waals surface area contributed by atoms with E-state index in [1.54, 1.807) is 11.3 Å². The maximum absolute atomic E-state index is 9.86. The molecule has 84 valence electrons. The van der Waals surface area contributed by atoms with Crippen molar-refractivity contribution in [2.75, 3.05) is 0 Å². The molecule has 3 heteroatoms. The first-order chi connectivity index (χ1) is 7.27. The van der Waals surface area contributed by atoms with E-state index in [1.165, 1.54) is 17.7 Å². The number of aliphatic hydroxyl groups excluding tert-OH is 1. The molecular formula is C12H19NOS. The van der Waals surface area contributed by atoms with E-state index in [2.05, 4.69) is 29.8 Å². The number of aliphatic hydroxyl groups is 1. The van der Waals surface area contributed by atoms with E-state index < -0.39 is 0 Å². The van der Waals surface area contributed by atoms with Crippen LogP contribution >= 0.6 is 11.3 Å². The summed E-state index contributed by atoms with van der Waals surface area (Å²) in [6, 6.07) is 4.88. The Balaban J connectivity index is 1.90. The van der Waals surface area contributed by atoms with Gasteiger partial charge in [0.2, 0.25) is 0 Å². The second-order valence-corrected chi connectivity index (χ2v) is 5.34. The summed E-state index contributed by atoms with van der Waals surface area (Å²) in [7, 11) is 0. The van der Waals surface area contributed by atoms with Crippen LogP contribution in [-0.2, 0) is 0 Å². The first kappa shape index (κ1) is 11.1. The average molecular weight is 225 g/mol. The molecule has 0 bridgehead atoms. The first-order valence-electron chi connectivity index (χ1n) is 5.75. The maximum Gasteiger partial charge on any atom is 0.0693 e. The van der Waals surface area contributed by atoms with Crippen LogP contribution in [0.5, 0.6) is 0 Å². The Kier molecular flexibility index (Phi) is 3.78. The van der Waals surface area contributed by atoms with E-state index in [1.807, 2.05) is 0 Å². The number of hydrogen-bond acceptors (Lipinski definition) is 3. The molecule has 1 aromatic rings. The van der Waals surface area contributed by atoms with E-state index >= 15 is 0 Å². The minimum absolute atomic E-state index is 0.152. The molecule has 0 aromatic carbocycles. The van der Waals surface area contributed by atoms with Crippen LogP contribution in [0.2, 0.25) is 0 Å². The molecule has 1 saturated carbocycles. The Morgan fingerprint density at radius 3 is 2.93 bits per heavy atom. The quantitative estimate of drug-likeness (QED) is 0.829. The molecule has 2 rings (SSSR count). The van der Waals surface area contributed by atoms with Crippen molar-refractivity contribution in [2.45, 2.75) is 50.8 Å². The highest BCUT2D eigenvalue weighted by Crippen LogP contribution is 2.23. The van der Waals surface area contributed by atoms with Gasteiger partial charge < -0.3 is 10.4 Å². The van der Waals surface area contributed by atoms with Crippen LogP contribution in [0.4, 0.5) is 0 Å². The van der Waals surface area contributed by atoms with Crippen molar-refractivity contribution in [3.8, 4) is 0 Å². The van der Waals surface area contributed by atoms with E-state index in [4.69, 9.17) is 0 Å². The normalized spacial score (nSPS) is 28.9. The Labute approximate surface area is 95.3 Å². The Morgan fingerprint density at radius 2 is 2.27 bits per heavy atom. The largest absolute Gasteiger partial charge is 0.392 e. The Morgan fingerprint density at radius 1 is 1.47 bits per heavy atom. The monoisotopic (exact) mass is 225 g/mol. The molecule has 1 aromatic heterocycles. The number of nitrogens with one attached hydrogen (secondary N) is 1. The summed E-state index contributed by atoms with van der Waals surface area (Å²) in [5, 5.41) is 15.5. The van der Waals surface area contributed by atoms with E-state index in [0.29, 0.717) is 6.04 Å². The molecule has 1 heterocycles. The molecule has 0 saturated heterocycles. The molecule has 3 atom stereocenters. The summed E-state index contributed by atoms with van der Waals surface area (Å²) in [5.41, 5.74) is 0. The second kappa shape index (κ2) is 5.10. The summed E-state index contributed by atoms with van der Waals surface area (Å²) < 4.78 is 0. The zero-order valence-electron chi connectivity index (χ0n) is 9.15. The zero-order chi connectivity index (χ0) is 10.7. The molecule has 0 radical (unpaired) electrons. The van der Waals surface area contributed by atoms with Crippen LogP contribution < -0.4 is 5.32 Å². The van der Waals surface area contributed by atoms with Gasteiger partial charge in [-0.2, -0.15) is 0 Å². The molecule has 0 aliphatic heterocycles. The van der Waals surface area contributed by atoms with Gasteiger partial charge in [-0.1, -0.05) is 18.9 Å².